The fourth-order valence-corrected chi connectivity index (χ4v) is 4.02. The molecule has 6 rings (SSSR count). The highest BCUT2D eigenvalue weighted by molar-refractivity contribution is 5.94. The van der Waals surface area contributed by atoms with E-state index in [2.05, 4.69) is 20.7 Å². The molecule has 2 aliphatic rings. The largest absolute Gasteiger partial charge is 0.481 e. The van der Waals surface area contributed by atoms with E-state index < -0.39 is 11.9 Å². The number of aromatic nitrogens is 3. The number of anilines is 2. The van der Waals surface area contributed by atoms with Gasteiger partial charge < -0.3 is 16.2 Å². The predicted molar refractivity (Wildman–Crippen MR) is 147 cm³/mol. The number of hydrogen-bond acceptors (Lipinski definition) is 6. The first-order valence-corrected chi connectivity index (χ1v) is 12.9. The summed E-state index contributed by atoms with van der Waals surface area (Å²) in [5, 5.41) is 18.7. The molecular formula is C29H30N6O4. The van der Waals surface area contributed by atoms with Gasteiger partial charge in [-0.05, 0) is 68.0 Å². The Morgan fingerprint density at radius 1 is 1.00 bits per heavy atom. The van der Waals surface area contributed by atoms with E-state index in [0.29, 0.717) is 23.7 Å². The number of carbonyl (C=O) groups is 3. The van der Waals surface area contributed by atoms with Crippen LogP contribution < -0.4 is 16.4 Å². The lowest BCUT2D eigenvalue weighted by atomic mass is 10.1. The number of rotatable bonds is 8. The minimum absolute atomic E-state index is 0.0130. The molecule has 0 aliphatic heterocycles. The summed E-state index contributed by atoms with van der Waals surface area (Å²) in [5.74, 6) is -0.645. The zero-order chi connectivity index (χ0) is 27.5. The topological polar surface area (TPSA) is 152 Å². The Hall–Kier alpha value is -4.73. The maximum Gasteiger partial charge on any atom is 0.306 e. The maximum atomic E-state index is 12.1. The Balaban J connectivity index is 0.000000455. The van der Waals surface area contributed by atoms with Gasteiger partial charge in [-0.25, -0.2) is 4.52 Å². The van der Waals surface area contributed by atoms with E-state index in [0.717, 1.165) is 53.8 Å². The Labute approximate surface area is 225 Å². The number of pyridine rings is 1. The standard InChI is InChI=1S/C25H24N6O2.C4H6O2/c1-15-5-8-19(23(26)32)13-20(15)27-14-16-6-9-17(10-7-16)21-3-2-4-22-28-25(30-31(21)22)29-24(33)18-11-12-18;5-4(6)3-1-2-3/h2-10,13,18,27H,11-12,14H2,1H3,(H2,26,32)(H,29,30,33);3H,1-2H2,(H,5,6). The maximum absolute atomic E-state index is 12.1. The van der Waals surface area contributed by atoms with Crippen LogP contribution in [-0.2, 0) is 16.1 Å². The minimum atomic E-state index is -0.630. The van der Waals surface area contributed by atoms with Crippen molar-refractivity contribution in [1.29, 1.82) is 0 Å². The summed E-state index contributed by atoms with van der Waals surface area (Å²) in [7, 11) is 0. The normalized spacial score (nSPS) is 14.3. The second-order valence-electron chi connectivity index (χ2n) is 9.94. The molecule has 2 aromatic heterocycles. The number of carboxylic acid groups (broad SMARTS) is 1. The van der Waals surface area contributed by atoms with Crippen LogP contribution in [0.4, 0.5) is 11.6 Å². The van der Waals surface area contributed by atoms with Crippen LogP contribution in [0.5, 0.6) is 0 Å². The summed E-state index contributed by atoms with van der Waals surface area (Å²) in [6.07, 6.45) is 3.66. The number of nitrogens with two attached hydrogens (primary N) is 1. The summed E-state index contributed by atoms with van der Waals surface area (Å²) >= 11 is 0. The molecule has 0 radical (unpaired) electrons. The lowest BCUT2D eigenvalue weighted by Gasteiger charge is -2.11. The number of hydrogen-bond donors (Lipinski definition) is 4. The molecule has 2 saturated carbocycles. The number of primary amides is 1. The number of carbonyl (C=O) groups excluding carboxylic acids is 2. The molecule has 2 amide bonds. The van der Waals surface area contributed by atoms with E-state index in [-0.39, 0.29) is 17.7 Å². The van der Waals surface area contributed by atoms with Crippen molar-refractivity contribution in [3.8, 4) is 11.3 Å². The van der Waals surface area contributed by atoms with E-state index in [1.165, 1.54) is 0 Å². The van der Waals surface area contributed by atoms with Crippen LogP contribution in [0, 0.1) is 18.8 Å². The van der Waals surface area contributed by atoms with Crippen molar-refractivity contribution in [2.45, 2.75) is 39.2 Å². The molecule has 10 heteroatoms. The summed E-state index contributed by atoms with van der Waals surface area (Å²) in [4.78, 5) is 37.7. The van der Waals surface area contributed by atoms with Crippen LogP contribution in [0.15, 0.2) is 60.7 Å². The van der Waals surface area contributed by atoms with Crippen molar-refractivity contribution in [1.82, 2.24) is 14.6 Å². The molecule has 2 heterocycles. The van der Waals surface area contributed by atoms with Gasteiger partial charge in [0.05, 0.1) is 11.6 Å². The van der Waals surface area contributed by atoms with Crippen LogP contribution in [-0.4, -0.2) is 37.5 Å². The minimum Gasteiger partial charge on any atom is -0.481 e. The molecule has 0 saturated heterocycles. The van der Waals surface area contributed by atoms with E-state index >= 15 is 0 Å². The molecule has 2 aromatic carbocycles. The molecular weight excluding hydrogens is 496 g/mol. The monoisotopic (exact) mass is 526 g/mol. The number of aryl methyl sites for hydroxylation is 1. The number of nitrogens with zero attached hydrogens (tertiary/aromatic N) is 3. The molecule has 0 spiro atoms. The number of aliphatic carboxylic acids is 1. The summed E-state index contributed by atoms with van der Waals surface area (Å²) < 4.78 is 1.74. The number of nitrogens with one attached hydrogen (secondary N) is 2. The summed E-state index contributed by atoms with van der Waals surface area (Å²) in [5.41, 5.74) is 11.4. The third-order valence-electron chi connectivity index (χ3n) is 6.72. The molecule has 200 valence electrons. The van der Waals surface area contributed by atoms with Crippen LogP contribution in [0.2, 0.25) is 0 Å². The molecule has 10 nitrogen and oxygen atoms in total. The number of benzene rings is 2. The van der Waals surface area contributed by atoms with Gasteiger partial charge in [0, 0.05) is 29.3 Å². The summed E-state index contributed by atoms with van der Waals surface area (Å²) in [6.45, 7) is 2.59. The van der Waals surface area contributed by atoms with Gasteiger partial charge in [0.25, 0.3) is 0 Å². The molecule has 0 atom stereocenters. The number of amides is 2. The van der Waals surface area contributed by atoms with E-state index in [9.17, 15) is 14.4 Å². The molecule has 5 N–H and O–H groups in total. The van der Waals surface area contributed by atoms with Gasteiger partial charge in [0.1, 0.15) is 0 Å². The highest BCUT2D eigenvalue weighted by Crippen LogP contribution is 2.30. The Kier molecular flexibility index (Phi) is 7.27. The number of carboxylic acids is 1. The van der Waals surface area contributed by atoms with Gasteiger partial charge in [0.2, 0.25) is 17.8 Å². The van der Waals surface area contributed by atoms with Gasteiger partial charge in [-0.1, -0.05) is 36.4 Å². The average molecular weight is 527 g/mol. The van der Waals surface area contributed by atoms with E-state index in [4.69, 9.17) is 10.8 Å². The number of fused-ring (bicyclic) bond motifs is 1. The Morgan fingerprint density at radius 2 is 1.72 bits per heavy atom. The van der Waals surface area contributed by atoms with Crippen LogP contribution in [0.25, 0.3) is 16.9 Å². The van der Waals surface area contributed by atoms with Crippen molar-refractivity contribution < 1.29 is 19.5 Å². The zero-order valence-electron chi connectivity index (χ0n) is 21.6. The lowest BCUT2D eigenvalue weighted by Crippen LogP contribution is -2.14. The first-order valence-electron chi connectivity index (χ1n) is 12.9. The van der Waals surface area contributed by atoms with Gasteiger partial charge >= 0.3 is 5.97 Å². The van der Waals surface area contributed by atoms with Crippen molar-refractivity contribution >= 4 is 35.1 Å². The van der Waals surface area contributed by atoms with E-state index in [1.54, 1.807) is 16.6 Å². The second-order valence-corrected chi connectivity index (χ2v) is 9.94. The predicted octanol–water partition coefficient (Wildman–Crippen LogP) is 4.25. The van der Waals surface area contributed by atoms with Gasteiger partial charge in [-0.15, -0.1) is 5.10 Å². The zero-order valence-corrected chi connectivity index (χ0v) is 21.6. The highest BCUT2D eigenvalue weighted by Gasteiger charge is 2.30. The molecule has 4 aromatic rings. The molecule has 39 heavy (non-hydrogen) atoms. The van der Waals surface area contributed by atoms with Crippen LogP contribution in [0.1, 0.15) is 47.2 Å². The average Bonchev–Trinajstić information content (AvgIpc) is 3.84. The smallest absolute Gasteiger partial charge is 0.306 e. The SMILES string of the molecule is Cc1ccc(C(N)=O)cc1NCc1ccc(-c2cccc3nc(NC(=O)C4CC4)nn23)cc1.O=C(O)C1CC1. The van der Waals surface area contributed by atoms with Crippen LogP contribution in [0.3, 0.4) is 0 Å². The highest BCUT2D eigenvalue weighted by atomic mass is 16.4. The summed E-state index contributed by atoms with van der Waals surface area (Å²) in [6, 6.07) is 19.3. The van der Waals surface area contributed by atoms with E-state index in [1.807, 2.05) is 55.5 Å². The fourth-order valence-electron chi connectivity index (χ4n) is 4.02. The van der Waals surface area contributed by atoms with Gasteiger partial charge in [-0.2, -0.15) is 4.98 Å². The molecule has 0 unspecified atom stereocenters. The van der Waals surface area contributed by atoms with Gasteiger partial charge in [-0.3, -0.25) is 19.7 Å². The fraction of sp³-hybridized carbons (Fsp3) is 0.276. The molecule has 2 fully saturated rings. The Morgan fingerprint density at radius 3 is 2.33 bits per heavy atom. The third-order valence-corrected chi connectivity index (χ3v) is 6.72. The quantitative estimate of drug-likeness (QED) is 0.268. The first-order chi connectivity index (χ1) is 18.8. The Bertz CT molecular complexity index is 1540. The first kappa shape index (κ1) is 25.9. The van der Waals surface area contributed by atoms with Crippen molar-refractivity contribution in [3.05, 3.63) is 77.4 Å². The van der Waals surface area contributed by atoms with Crippen molar-refractivity contribution in [3.63, 3.8) is 0 Å². The van der Waals surface area contributed by atoms with Gasteiger partial charge in [0.15, 0.2) is 5.65 Å². The molecule has 2 aliphatic carbocycles. The van der Waals surface area contributed by atoms with Crippen molar-refractivity contribution in [2.75, 3.05) is 10.6 Å². The lowest BCUT2D eigenvalue weighted by molar-refractivity contribution is -0.138. The molecule has 0 bridgehead atoms. The second kappa shape index (κ2) is 10.9. The third kappa shape index (κ3) is 6.40. The van der Waals surface area contributed by atoms with Crippen molar-refractivity contribution in [2.24, 2.45) is 17.6 Å². The van der Waals surface area contributed by atoms with Crippen LogP contribution >= 0.6 is 0 Å².